The maximum atomic E-state index is 4.27. The van der Waals surface area contributed by atoms with Gasteiger partial charge in [0.2, 0.25) is 0 Å². The molecule has 0 aromatic carbocycles. The summed E-state index contributed by atoms with van der Waals surface area (Å²) < 4.78 is 0. The summed E-state index contributed by atoms with van der Waals surface area (Å²) in [5.74, 6) is 0. The summed E-state index contributed by atoms with van der Waals surface area (Å²) in [5.41, 5.74) is 3.39. The molecule has 0 N–H and O–H groups in total. The Morgan fingerprint density at radius 2 is 1.44 bits per heavy atom. The van der Waals surface area contributed by atoms with Crippen LogP contribution in [0.1, 0.15) is 26.3 Å². The lowest BCUT2D eigenvalue weighted by molar-refractivity contribution is 0.587. The molecule has 0 amide bonds. The molecule has 0 unspecified atom stereocenters. The van der Waals surface area contributed by atoms with Gasteiger partial charge in [0.25, 0.3) is 0 Å². The molecule has 0 aliphatic heterocycles. The predicted molar refractivity (Wildman–Crippen MR) is 64.0 cm³/mol. The SMILES string of the molecule is CC(C)(C)c1cncc(-c2cncnc2)c1. The molecule has 0 radical (unpaired) electrons. The lowest BCUT2D eigenvalue weighted by atomic mass is 9.87. The Morgan fingerprint density at radius 1 is 0.812 bits per heavy atom. The molecule has 0 bridgehead atoms. The van der Waals surface area contributed by atoms with Gasteiger partial charge in [-0.15, -0.1) is 0 Å². The van der Waals surface area contributed by atoms with Gasteiger partial charge in [-0.25, -0.2) is 9.97 Å². The molecule has 3 heteroatoms. The van der Waals surface area contributed by atoms with Crippen molar-refractivity contribution in [3.63, 3.8) is 0 Å². The molecule has 0 aliphatic rings. The molecule has 0 atom stereocenters. The summed E-state index contributed by atoms with van der Waals surface area (Å²) in [4.78, 5) is 12.3. The fourth-order valence-corrected chi connectivity index (χ4v) is 1.46. The van der Waals surface area contributed by atoms with E-state index < -0.39 is 0 Å². The second-order valence-electron chi connectivity index (χ2n) is 4.84. The highest BCUT2D eigenvalue weighted by atomic mass is 14.8. The van der Waals surface area contributed by atoms with Crippen molar-refractivity contribution in [3.05, 3.63) is 42.7 Å². The predicted octanol–water partition coefficient (Wildman–Crippen LogP) is 2.84. The molecule has 2 rings (SSSR count). The van der Waals surface area contributed by atoms with Gasteiger partial charge in [0, 0.05) is 35.9 Å². The highest BCUT2D eigenvalue weighted by Gasteiger charge is 2.14. The van der Waals surface area contributed by atoms with E-state index in [1.54, 1.807) is 12.4 Å². The number of pyridine rings is 1. The van der Waals surface area contributed by atoms with Gasteiger partial charge in [0.15, 0.2) is 0 Å². The lowest BCUT2D eigenvalue weighted by Gasteiger charge is -2.18. The fourth-order valence-electron chi connectivity index (χ4n) is 1.46. The van der Waals surface area contributed by atoms with Crippen molar-refractivity contribution in [3.8, 4) is 11.1 Å². The van der Waals surface area contributed by atoms with Gasteiger partial charge in [-0.3, -0.25) is 4.98 Å². The number of rotatable bonds is 1. The minimum Gasteiger partial charge on any atom is -0.264 e. The first-order valence-electron chi connectivity index (χ1n) is 5.28. The highest BCUT2D eigenvalue weighted by Crippen LogP contribution is 2.25. The van der Waals surface area contributed by atoms with Crippen molar-refractivity contribution in [1.29, 1.82) is 0 Å². The van der Waals surface area contributed by atoms with Gasteiger partial charge < -0.3 is 0 Å². The molecule has 0 fully saturated rings. The molecule has 82 valence electrons. The summed E-state index contributed by atoms with van der Waals surface area (Å²) in [5, 5.41) is 0. The van der Waals surface area contributed by atoms with E-state index in [1.165, 1.54) is 11.9 Å². The Labute approximate surface area is 95.6 Å². The molecule has 16 heavy (non-hydrogen) atoms. The van der Waals surface area contributed by atoms with Crippen LogP contribution < -0.4 is 0 Å². The van der Waals surface area contributed by atoms with E-state index in [1.807, 2.05) is 12.4 Å². The van der Waals surface area contributed by atoms with Crippen LogP contribution in [-0.4, -0.2) is 15.0 Å². The number of aromatic nitrogens is 3. The van der Waals surface area contributed by atoms with Crippen LogP contribution >= 0.6 is 0 Å². The third-order valence-electron chi connectivity index (χ3n) is 2.50. The van der Waals surface area contributed by atoms with E-state index in [-0.39, 0.29) is 5.41 Å². The van der Waals surface area contributed by atoms with E-state index in [0.717, 1.165) is 11.1 Å². The molecule has 0 saturated carbocycles. The fraction of sp³-hybridized carbons (Fsp3) is 0.308. The largest absolute Gasteiger partial charge is 0.264 e. The van der Waals surface area contributed by atoms with Crippen LogP contribution in [0.5, 0.6) is 0 Å². The van der Waals surface area contributed by atoms with E-state index in [0.29, 0.717) is 0 Å². The molecule has 2 aromatic rings. The Morgan fingerprint density at radius 3 is 2.06 bits per heavy atom. The molecule has 0 spiro atoms. The maximum absolute atomic E-state index is 4.27. The van der Waals surface area contributed by atoms with E-state index in [2.05, 4.69) is 41.8 Å². The van der Waals surface area contributed by atoms with Crippen LogP contribution in [-0.2, 0) is 5.41 Å². The van der Waals surface area contributed by atoms with Crippen molar-refractivity contribution in [1.82, 2.24) is 15.0 Å². The van der Waals surface area contributed by atoms with Crippen LogP contribution in [0.2, 0.25) is 0 Å². The average Bonchev–Trinajstić information content (AvgIpc) is 2.29. The van der Waals surface area contributed by atoms with Gasteiger partial charge in [-0.2, -0.15) is 0 Å². The van der Waals surface area contributed by atoms with Crippen LogP contribution in [0.3, 0.4) is 0 Å². The summed E-state index contributed by atoms with van der Waals surface area (Å²) in [6.45, 7) is 6.53. The highest BCUT2D eigenvalue weighted by molar-refractivity contribution is 5.61. The Bertz CT molecular complexity index is 472. The molecular formula is C13H15N3. The third kappa shape index (κ3) is 2.24. The molecular weight excluding hydrogens is 198 g/mol. The summed E-state index contributed by atoms with van der Waals surface area (Å²) in [6.07, 6.45) is 8.89. The van der Waals surface area contributed by atoms with E-state index in [4.69, 9.17) is 0 Å². The van der Waals surface area contributed by atoms with Gasteiger partial charge in [0.05, 0.1) is 0 Å². The zero-order valence-corrected chi connectivity index (χ0v) is 9.81. The van der Waals surface area contributed by atoms with E-state index >= 15 is 0 Å². The lowest BCUT2D eigenvalue weighted by Crippen LogP contribution is -2.11. The van der Waals surface area contributed by atoms with Crippen LogP contribution in [0.4, 0.5) is 0 Å². The second kappa shape index (κ2) is 4.00. The average molecular weight is 213 g/mol. The second-order valence-corrected chi connectivity index (χ2v) is 4.84. The summed E-state index contributed by atoms with van der Waals surface area (Å²) in [7, 11) is 0. The van der Waals surface area contributed by atoms with Crippen molar-refractivity contribution in [2.45, 2.75) is 26.2 Å². The molecule has 2 aromatic heterocycles. The normalized spacial score (nSPS) is 11.4. The number of hydrogen-bond acceptors (Lipinski definition) is 3. The third-order valence-corrected chi connectivity index (χ3v) is 2.50. The van der Waals surface area contributed by atoms with Crippen LogP contribution in [0, 0.1) is 0 Å². The van der Waals surface area contributed by atoms with Crippen LogP contribution in [0.15, 0.2) is 37.2 Å². The Balaban J connectivity index is 2.45. The number of nitrogens with zero attached hydrogens (tertiary/aromatic N) is 3. The van der Waals surface area contributed by atoms with Crippen molar-refractivity contribution in [2.24, 2.45) is 0 Å². The number of hydrogen-bond donors (Lipinski definition) is 0. The smallest absolute Gasteiger partial charge is 0.115 e. The molecule has 0 aliphatic carbocycles. The van der Waals surface area contributed by atoms with Gasteiger partial charge in [0.1, 0.15) is 6.33 Å². The molecule has 2 heterocycles. The zero-order valence-electron chi connectivity index (χ0n) is 9.81. The molecule has 3 nitrogen and oxygen atoms in total. The van der Waals surface area contributed by atoms with Gasteiger partial charge in [-0.1, -0.05) is 20.8 Å². The zero-order chi connectivity index (χ0) is 11.6. The first kappa shape index (κ1) is 10.7. The quantitative estimate of drug-likeness (QED) is 0.731. The van der Waals surface area contributed by atoms with Crippen LogP contribution in [0.25, 0.3) is 11.1 Å². The van der Waals surface area contributed by atoms with Crippen molar-refractivity contribution < 1.29 is 0 Å². The topological polar surface area (TPSA) is 38.7 Å². The monoisotopic (exact) mass is 213 g/mol. The van der Waals surface area contributed by atoms with Crippen molar-refractivity contribution in [2.75, 3.05) is 0 Å². The minimum absolute atomic E-state index is 0.110. The summed E-state index contributed by atoms with van der Waals surface area (Å²) in [6, 6.07) is 2.14. The maximum Gasteiger partial charge on any atom is 0.115 e. The standard InChI is InChI=1S/C13H15N3/c1-13(2,3)12-4-10(5-14-8-12)11-6-15-9-16-7-11/h4-9H,1-3H3. The first-order valence-corrected chi connectivity index (χ1v) is 5.28. The summed E-state index contributed by atoms with van der Waals surface area (Å²) >= 11 is 0. The first-order chi connectivity index (χ1) is 7.57. The van der Waals surface area contributed by atoms with Crippen molar-refractivity contribution >= 4 is 0 Å². The Kier molecular flexibility index (Phi) is 2.69. The Hall–Kier alpha value is -1.77. The van der Waals surface area contributed by atoms with Gasteiger partial charge >= 0.3 is 0 Å². The minimum atomic E-state index is 0.110. The molecule has 0 saturated heterocycles. The van der Waals surface area contributed by atoms with Gasteiger partial charge in [-0.05, 0) is 17.0 Å². The van der Waals surface area contributed by atoms with E-state index in [9.17, 15) is 0 Å².